The Labute approximate surface area is 82.3 Å². The lowest BCUT2D eigenvalue weighted by atomic mass is 9.95. The first kappa shape index (κ1) is 9.51. The second-order valence-corrected chi connectivity index (χ2v) is 4.89. The van der Waals surface area contributed by atoms with Crippen LogP contribution < -0.4 is 5.32 Å². The van der Waals surface area contributed by atoms with Gasteiger partial charge in [-0.25, -0.2) is 0 Å². The third-order valence-corrected chi connectivity index (χ3v) is 3.72. The molecule has 1 unspecified atom stereocenters. The molecule has 0 aromatic carbocycles. The first-order valence-corrected chi connectivity index (χ1v) is 6.13. The summed E-state index contributed by atoms with van der Waals surface area (Å²) in [5.41, 5.74) is 0. The van der Waals surface area contributed by atoms with Crippen LogP contribution in [0.2, 0.25) is 0 Å². The minimum Gasteiger partial charge on any atom is -0.314 e. The topological polar surface area (TPSA) is 12.0 Å². The molecule has 0 radical (unpaired) electrons. The first-order valence-electron chi connectivity index (χ1n) is 6.13. The van der Waals surface area contributed by atoms with Crippen molar-refractivity contribution in [2.75, 3.05) is 6.54 Å². The molecule has 1 nitrogen and oxygen atoms in total. The lowest BCUT2D eigenvalue weighted by molar-refractivity contribution is 0.363. The summed E-state index contributed by atoms with van der Waals surface area (Å²) in [5, 5.41) is 3.67. The highest BCUT2D eigenvalue weighted by molar-refractivity contribution is 4.88. The van der Waals surface area contributed by atoms with Gasteiger partial charge in [0.05, 0.1) is 0 Å². The van der Waals surface area contributed by atoms with Crippen molar-refractivity contribution < 1.29 is 0 Å². The maximum atomic E-state index is 3.67. The molecule has 0 bridgehead atoms. The van der Waals surface area contributed by atoms with Crippen molar-refractivity contribution >= 4 is 0 Å². The standard InChI is InChI=1S/C12H23N/c1-2-13-12(11-7-8-11)9-10-5-3-4-6-10/h10-13H,2-9H2,1H3. The van der Waals surface area contributed by atoms with E-state index >= 15 is 0 Å². The van der Waals surface area contributed by atoms with Crippen LogP contribution in [0.3, 0.4) is 0 Å². The summed E-state index contributed by atoms with van der Waals surface area (Å²) in [4.78, 5) is 0. The summed E-state index contributed by atoms with van der Waals surface area (Å²) in [6.07, 6.45) is 10.5. The Morgan fingerprint density at radius 3 is 2.38 bits per heavy atom. The average Bonchev–Trinajstić information content (AvgIpc) is 2.85. The Kier molecular flexibility index (Phi) is 3.26. The largest absolute Gasteiger partial charge is 0.314 e. The predicted molar refractivity (Wildman–Crippen MR) is 56.8 cm³/mol. The van der Waals surface area contributed by atoms with Crippen LogP contribution in [0, 0.1) is 11.8 Å². The highest BCUT2D eigenvalue weighted by atomic mass is 14.9. The van der Waals surface area contributed by atoms with Crippen molar-refractivity contribution in [2.24, 2.45) is 11.8 Å². The Hall–Kier alpha value is -0.0400. The van der Waals surface area contributed by atoms with Crippen LogP contribution in [0.25, 0.3) is 0 Å². The maximum Gasteiger partial charge on any atom is 0.00978 e. The molecule has 0 saturated heterocycles. The van der Waals surface area contributed by atoms with Gasteiger partial charge in [-0.15, -0.1) is 0 Å². The summed E-state index contributed by atoms with van der Waals surface area (Å²) < 4.78 is 0. The van der Waals surface area contributed by atoms with Crippen molar-refractivity contribution in [1.29, 1.82) is 0 Å². The zero-order valence-corrected chi connectivity index (χ0v) is 8.89. The van der Waals surface area contributed by atoms with Crippen LogP contribution in [-0.4, -0.2) is 12.6 Å². The van der Waals surface area contributed by atoms with Crippen molar-refractivity contribution in [3.63, 3.8) is 0 Å². The molecular weight excluding hydrogens is 158 g/mol. The average molecular weight is 181 g/mol. The fraction of sp³-hybridized carbons (Fsp3) is 1.00. The molecule has 2 aliphatic rings. The van der Waals surface area contributed by atoms with E-state index in [1.54, 1.807) is 0 Å². The van der Waals surface area contributed by atoms with Crippen molar-refractivity contribution in [1.82, 2.24) is 5.32 Å². The van der Waals surface area contributed by atoms with E-state index in [2.05, 4.69) is 12.2 Å². The molecule has 76 valence electrons. The molecule has 13 heavy (non-hydrogen) atoms. The predicted octanol–water partition coefficient (Wildman–Crippen LogP) is 2.95. The Morgan fingerprint density at radius 2 is 1.85 bits per heavy atom. The molecule has 0 heterocycles. The third-order valence-electron chi connectivity index (χ3n) is 3.72. The molecule has 2 rings (SSSR count). The molecule has 0 aromatic rings. The fourth-order valence-corrected chi connectivity index (χ4v) is 2.81. The lowest BCUT2D eigenvalue weighted by Gasteiger charge is -2.20. The minimum atomic E-state index is 0.869. The van der Waals surface area contributed by atoms with Crippen molar-refractivity contribution in [2.45, 2.75) is 57.9 Å². The van der Waals surface area contributed by atoms with Crippen LogP contribution in [0.15, 0.2) is 0 Å². The van der Waals surface area contributed by atoms with Gasteiger partial charge >= 0.3 is 0 Å². The molecule has 0 aliphatic heterocycles. The van der Waals surface area contributed by atoms with Gasteiger partial charge in [-0.1, -0.05) is 32.6 Å². The molecule has 2 fully saturated rings. The molecular formula is C12H23N. The fourth-order valence-electron chi connectivity index (χ4n) is 2.81. The SMILES string of the molecule is CCNC(CC1CCCC1)C1CC1. The van der Waals surface area contributed by atoms with Crippen LogP contribution in [0.5, 0.6) is 0 Å². The van der Waals surface area contributed by atoms with Crippen molar-refractivity contribution in [3.05, 3.63) is 0 Å². The van der Waals surface area contributed by atoms with Gasteiger partial charge in [0, 0.05) is 6.04 Å². The molecule has 1 N–H and O–H groups in total. The Morgan fingerprint density at radius 1 is 1.15 bits per heavy atom. The van der Waals surface area contributed by atoms with Crippen molar-refractivity contribution in [3.8, 4) is 0 Å². The van der Waals surface area contributed by atoms with Gasteiger partial charge in [0.25, 0.3) is 0 Å². The molecule has 0 aromatic heterocycles. The number of hydrogen-bond donors (Lipinski definition) is 1. The van der Waals surface area contributed by atoms with E-state index in [1.807, 2.05) is 0 Å². The van der Waals surface area contributed by atoms with Gasteiger partial charge in [0.1, 0.15) is 0 Å². The van der Waals surface area contributed by atoms with E-state index in [1.165, 1.54) is 44.9 Å². The summed E-state index contributed by atoms with van der Waals surface area (Å²) in [5.74, 6) is 2.10. The quantitative estimate of drug-likeness (QED) is 0.687. The third kappa shape index (κ3) is 2.70. The molecule has 0 amide bonds. The van der Waals surface area contributed by atoms with Gasteiger partial charge in [0.2, 0.25) is 0 Å². The van der Waals surface area contributed by atoms with E-state index in [4.69, 9.17) is 0 Å². The number of nitrogens with one attached hydrogen (secondary N) is 1. The van der Waals surface area contributed by atoms with Gasteiger partial charge in [-0.2, -0.15) is 0 Å². The van der Waals surface area contributed by atoms with Crippen LogP contribution >= 0.6 is 0 Å². The summed E-state index contributed by atoms with van der Waals surface area (Å²) in [7, 11) is 0. The maximum absolute atomic E-state index is 3.67. The zero-order chi connectivity index (χ0) is 9.10. The normalized spacial score (nSPS) is 26.5. The Balaban J connectivity index is 1.74. The molecule has 1 heteroatoms. The second-order valence-electron chi connectivity index (χ2n) is 4.89. The van der Waals surface area contributed by atoms with E-state index in [-0.39, 0.29) is 0 Å². The van der Waals surface area contributed by atoms with Gasteiger partial charge < -0.3 is 5.32 Å². The smallest absolute Gasteiger partial charge is 0.00978 e. The summed E-state index contributed by atoms with van der Waals surface area (Å²) in [6, 6.07) is 0.869. The summed E-state index contributed by atoms with van der Waals surface area (Å²) in [6.45, 7) is 3.40. The van der Waals surface area contributed by atoms with Gasteiger partial charge in [-0.3, -0.25) is 0 Å². The Bertz CT molecular complexity index is 145. The molecule has 2 saturated carbocycles. The highest BCUT2D eigenvalue weighted by Crippen LogP contribution is 2.38. The minimum absolute atomic E-state index is 0.869. The van der Waals surface area contributed by atoms with E-state index < -0.39 is 0 Å². The van der Waals surface area contributed by atoms with Crippen LogP contribution in [-0.2, 0) is 0 Å². The first-order chi connectivity index (χ1) is 6.40. The van der Waals surface area contributed by atoms with E-state index in [9.17, 15) is 0 Å². The molecule has 2 aliphatic carbocycles. The summed E-state index contributed by atoms with van der Waals surface area (Å²) >= 11 is 0. The lowest BCUT2D eigenvalue weighted by Crippen LogP contribution is -2.32. The second kappa shape index (κ2) is 4.45. The molecule has 0 spiro atoms. The van der Waals surface area contributed by atoms with Crippen LogP contribution in [0.1, 0.15) is 51.9 Å². The number of rotatable bonds is 5. The highest BCUT2D eigenvalue weighted by Gasteiger charge is 2.32. The van der Waals surface area contributed by atoms with E-state index in [0.717, 1.165) is 24.4 Å². The molecule has 1 atom stereocenters. The zero-order valence-electron chi connectivity index (χ0n) is 8.89. The number of hydrogen-bond acceptors (Lipinski definition) is 1. The van der Waals surface area contributed by atoms with Crippen LogP contribution in [0.4, 0.5) is 0 Å². The monoisotopic (exact) mass is 181 g/mol. The van der Waals surface area contributed by atoms with E-state index in [0.29, 0.717) is 0 Å². The van der Waals surface area contributed by atoms with Gasteiger partial charge in [-0.05, 0) is 37.6 Å². The van der Waals surface area contributed by atoms with Gasteiger partial charge in [0.15, 0.2) is 0 Å².